The average molecular weight is 510 g/mol. The Morgan fingerprint density at radius 1 is 0.889 bits per heavy atom. The van der Waals surface area contributed by atoms with Crippen LogP contribution in [0, 0.1) is 0 Å². The summed E-state index contributed by atoms with van der Waals surface area (Å²) in [7, 11) is 0. The monoisotopic (exact) mass is 509 g/mol. The van der Waals surface area contributed by atoms with E-state index < -0.39 is 72.3 Å². The first-order chi connectivity index (χ1) is 16.8. The maximum atomic E-state index is 12.8. The van der Waals surface area contributed by atoms with E-state index in [1.165, 1.54) is 6.92 Å². The van der Waals surface area contributed by atoms with Crippen molar-refractivity contribution in [2.75, 3.05) is 0 Å². The third-order valence-electron chi connectivity index (χ3n) is 5.00. The molecule has 5 unspecified atom stereocenters. The van der Waals surface area contributed by atoms with Crippen molar-refractivity contribution in [1.29, 1.82) is 0 Å². The van der Waals surface area contributed by atoms with Gasteiger partial charge in [-0.2, -0.15) is 0 Å². The molecule has 0 radical (unpaired) electrons. The van der Waals surface area contributed by atoms with Gasteiger partial charge in [-0.1, -0.05) is 30.3 Å². The molecule has 1 rings (SSSR count). The van der Waals surface area contributed by atoms with Crippen molar-refractivity contribution in [1.82, 2.24) is 16.0 Å². The van der Waals surface area contributed by atoms with Crippen molar-refractivity contribution in [2.24, 2.45) is 11.5 Å². The first kappa shape index (κ1) is 30.0. The summed E-state index contributed by atoms with van der Waals surface area (Å²) in [4.78, 5) is 71.3. The van der Waals surface area contributed by atoms with Crippen LogP contribution in [0.1, 0.15) is 31.7 Å². The van der Waals surface area contributed by atoms with Crippen LogP contribution in [0.15, 0.2) is 30.3 Å². The Bertz CT molecular complexity index is 954. The molecule has 14 heteroatoms. The van der Waals surface area contributed by atoms with Gasteiger partial charge in [-0.05, 0) is 25.3 Å². The van der Waals surface area contributed by atoms with Crippen LogP contribution in [0.2, 0.25) is 0 Å². The van der Waals surface area contributed by atoms with Gasteiger partial charge in [0.1, 0.15) is 18.1 Å². The first-order valence-electron chi connectivity index (χ1n) is 10.9. The number of aliphatic carboxylic acids is 2. The maximum absolute atomic E-state index is 12.8. The van der Waals surface area contributed by atoms with E-state index in [2.05, 4.69) is 10.6 Å². The molecule has 0 fully saturated rings. The normalized spacial score (nSPS) is 14.9. The van der Waals surface area contributed by atoms with E-state index in [9.17, 15) is 33.9 Å². The van der Waals surface area contributed by atoms with Crippen molar-refractivity contribution in [3.05, 3.63) is 35.9 Å². The summed E-state index contributed by atoms with van der Waals surface area (Å²) in [6.07, 6.45) is -2.98. The number of rotatable bonds is 15. The van der Waals surface area contributed by atoms with Gasteiger partial charge in [-0.3, -0.25) is 24.0 Å². The molecule has 0 aliphatic carbocycles. The molecule has 0 saturated carbocycles. The number of nitrogens with one attached hydrogen (secondary N) is 3. The predicted octanol–water partition coefficient (Wildman–Crippen LogP) is -2.78. The summed E-state index contributed by atoms with van der Waals surface area (Å²) in [5.74, 6) is -6.84. The highest BCUT2D eigenvalue weighted by atomic mass is 16.4. The van der Waals surface area contributed by atoms with Gasteiger partial charge in [0.2, 0.25) is 23.6 Å². The molecule has 0 aromatic heterocycles. The second-order valence-corrected chi connectivity index (χ2v) is 8.09. The van der Waals surface area contributed by atoms with E-state index in [1.807, 2.05) is 5.32 Å². The van der Waals surface area contributed by atoms with Crippen LogP contribution in [0.25, 0.3) is 0 Å². The predicted molar refractivity (Wildman–Crippen MR) is 124 cm³/mol. The smallest absolute Gasteiger partial charge is 0.326 e. The van der Waals surface area contributed by atoms with Crippen LogP contribution < -0.4 is 27.4 Å². The van der Waals surface area contributed by atoms with Gasteiger partial charge in [-0.15, -0.1) is 0 Å². The number of hydrogen-bond acceptors (Lipinski definition) is 8. The van der Waals surface area contributed by atoms with E-state index in [-0.39, 0.29) is 19.3 Å². The fourth-order valence-electron chi connectivity index (χ4n) is 3.09. The molecule has 198 valence electrons. The van der Waals surface area contributed by atoms with Gasteiger partial charge < -0.3 is 42.7 Å². The Labute approximate surface area is 206 Å². The van der Waals surface area contributed by atoms with E-state index in [1.54, 1.807) is 30.3 Å². The molecule has 0 aliphatic rings. The zero-order valence-corrected chi connectivity index (χ0v) is 19.5. The number of nitrogens with two attached hydrogens (primary N) is 2. The highest BCUT2D eigenvalue weighted by molar-refractivity contribution is 5.95. The van der Waals surface area contributed by atoms with Gasteiger partial charge in [0.25, 0.3) is 0 Å². The molecular formula is C22H31N5O9. The van der Waals surface area contributed by atoms with E-state index in [4.69, 9.17) is 21.7 Å². The molecule has 0 aliphatic heterocycles. The molecule has 36 heavy (non-hydrogen) atoms. The molecule has 4 amide bonds. The fourth-order valence-corrected chi connectivity index (χ4v) is 3.09. The van der Waals surface area contributed by atoms with Crippen LogP contribution >= 0.6 is 0 Å². The molecular weight excluding hydrogens is 478 g/mol. The molecule has 14 nitrogen and oxygen atoms in total. The SMILES string of the molecule is CC(O)C(NC(=O)C(N)Cc1ccccc1)C(=O)NC(CCC(N)=O)C(=O)NC(CC(=O)O)C(=O)O. The van der Waals surface area contributed by atoms with Crippen molar-refractivity contribution in [3.63, 3.8) is 0 Å². The molecule has 0 spiro atoms. The third kappa shape index (κ3) is 10.5. The lowest BCUT2D eigenvalue weighted by Crippen LogP contribution is -2.60. The highest BCUT2D eigenvalue weighted by Gasteiger charge is 2.33. The summed E-state index contributed by atoms with van der Waals surface area (Å²) < 4.78 is 0. The van der Waals surface area contributed by atoms with Gasteiger partial charge in [0.05, 0.1) is 18.6 Å². The maximum Gasteiger partial charge on any atom is 0.326 e. The summed E-state index contributed by atoms with van der Waals surface area (Å²) in [5.41, 5.74) is 11.8. The van der Waals surface area contributed by atoms with Crippen LogP contribution in [0.5, 0.6) is 0 Å². The summed E-state index contributed by atoms with van der Waals surface area (Å²) >= 11 is 0. The summed E-state index contributed by atoms with van der Waals surface area (Å²) in [5, 5.41) is 34.5. The molecule has 10 N–H and O–H groups in total. The number of primary amides is 1. The van der Waals surface area contributed by atoms with Crippen molar-refractivity contribution >= 4 is 35.6 Å². The highest BCUT2D eigenvalue weighted by Crippen LogP contribution is 2.05. The Morgan fingerprint density at radius 2 is 1.47 bits per heavy atom. The number of aliphatic hydroxyl groups excluding tert-OH is 1. The molecule has 0 bridgehead atoms. The van der Waals surface area contributed by atoms with Crippen molar-refractivity contribution in [3.8, 4) is 0 Å². The number of aliphatic hydroxyl groups is 1. The lowest BCUT2D eigenvalue weighted by Gasteiger charge is -2.26. The van der Waals surface area contributed by atoms with E-state index in [0.29, 0.717) is 0 Å². The largest absolute Gasteiger partial charge is 0.481 e. The zero-order valence-electron chi connectivity index (χ0n) is 19.5. The second kappa shape index (κ2) is 14.4. The fraction of sp³-hybridized carbons (Fsp3) is 0.455. The van der Waals surface area contributed by atoms with Crippen molar-refractivity contribution < 1.29 is 44.1 Å². The quantitative estimate of drug-likeness (QED) is 0.121. The molecule has 5 atom stereocenters. The Balaban J connectivity index is 2.96. The number of benzene rings is 1. The van der Waals surface area contributed by atoms with Crippen LogP contribution in [0.4, 0.5) is 0 Å². The first-order valence-corrected chi connectivity index (χ1v) is 10.9. The zero-order chi connectivity index (χ0) is 27.4. The number of carboxylic acid groups (broad SMARTS) is 2. The third-order valence-corrected chi connectivity index (χ3v) is 5.00. The Hall–Kier alpha value is -4.04. The van der Waals surface area contributed by atoms with Crippen LogP contribution in [-0.4, -0.2) is 81.2 Å². The number of amides is 4. The van der Waals surface area contributed by atoms with Gasteiger partial charge >= 0.3 is 11.9 Å². The lowest BCUT2D eigenvalue weighted by atomic mass is 10.0. The van der Waals surface area contributed by atoms with Gasteiger partial charge in [0.15, 0.2) is 0 Å². The van der Waals surface area contributed by atoms with Gasteiger partial charge in [0, 0.05) is 6.42 Å². The lowest BCUT2D eigenvalue weighted by molar-refractivity contribution is -0.147. The Morgan fingerprint density at radius 3 is 1.97 bits per heavy atom. The number of carbonyl (C=O) groups excluding carboxylic acids is 4. The van der Waals surface area contributed by atoms with Crippen LogP contribution in [0.3, 0.4) is 0 Å². The van der Waals surface area contributed by atoms with Gasteiger partial charge in [-0.25, -0.2) is 4.79 Å². The minimum atomic E-state index is -1.81. The minimum absolute atomic E-state index is 0.143. The minimum Gasteiger partial charge on any atom is -0.481 e. The molecule has 1 aromatic carbocycles. The number of carboxylic acids is 2. The molecule has 1 aromatic rings. The molecule has 0 saturated heterocycles. The summed E-state index contributed by atoms with van der Waals surface area (Å²) in [6.45, 7) is 1.21. The topological polar surface area (TPSA) is 251 Å². The van der Waals surface area contributed by atoms with E-state index in [0.717, 1.165) is 5.56 Å². The van der Waals surface area contributed by atoms with Crippen LogP contribution in [-0.2, 0) is 35.2 Å². The standard InChI is InChI=1S/C22H31N5O9/c1-11(28)18(27-19(32)13(23)9-12-5-3-2-4-6-12)21(34)25-14(7-8-16(24)29)20(33)26-15(22(35)36)10-17(30)31/h2-6,11,13-15,18,28H,7-10,23H2,1H3,(H2,24,29)(H,25,34)(H,26,33)(H,27,32)(H,30,31)(H,35,36). The average Bonchev–Trinajstić information content (AvgIpc) is 2.79. The molecule has 0 heterocycles. The van der Waals surface area contributed by atoms with E-state index >= 15 is 0 Å². The summed E-state index contributed by atoms with van der Waals surface area (Å²) in [6, 6.07) is 2.84. The number of hydrogen-bond donors (Lipinski definition) is 8. The second-order valence-electron chi connectivity index (χ2n) is 8.09. The van der Waals surface area contributed by atoms with Crippen molar-refractivity contribution in [2.45, 2.75) is 62.9 Å². The number of carbonyl (C=O) groups is 6. The Kier molecular flexibility index (Phi) is 12.0.